The maximum Gasteiger partial charge on any atom is 1.00 e. The monoisotopic (exact) mass is 1450 g/mol. The van der Waals surface area contributed by atoms with E-state index < -0.39 is 5.60 Å². The van der Waals surface area contributed by atoms with Crippen LogP contribution in [-0.2, 0) is 48.8 Å². The largest absolute Gasteiger partial charge is 1.00 e. The van der Waals surface area contributed by atoms with E-state index in [4.69, 9.17) is 0 Å². The molecule has 2 saturated carbocycles. The fourth-order valence-electron chi connectivity index (χ4n) is 15.6. The molecule has 8 heteroatoms. The maximum absolute atomic E-state index is 10.1. The molecule has 505 valence electrons. The van der Waals surface area contributed by atoms with E-state index in [1.807, 2.05) is 60.7 Å². The molecule has 2 saturated heterocycles. The number of anilines is 2. The first-order valence-electron chi connectivity index (χ1n) is 34.1. The zero-order valence-electron chi connectivity index (χ0n) is 60.5. The quantitative estimate of drug-likeness (QED) is 0.0906. The van der Waals surface area contributed by atoms with Crippen molar-refractivity contribution in [1.29, 1.82) is 0 Å². The van der Waals surface area contributed by atoms with E-state index in [0.29, 0.717) is 34.5 Å². The van der Waals surface area contributed by atoms with Gasteiger partial charge in [-0.3, -0.25) is 0 Å². The van der Waals surface area contributed by atoms with E-state index in [2.05, 4.69) is 279 Å². The predicted octanol–water partition coefficient (Wildman–Crippen LogP) is 21.5. The number of rotatable bonds is 12. The number of nitrogens with zero attached hydrogens (tertiary/aromatic N) is 3. The Bertz CT molecular complexity index is 2650. The average Bonchev–Trinajstić information content (AvgIpc) is 1.59. The summed E-state index contributed by atoms with van der Waals surface area (Å²) in [5.41, 5.74) is 14.1. The molecule has 2 aliphatic carbocycles. The molecule has 4 aliphatic rings. The molecule has 91 heavy (non-hydrogen) atoms. The van der Waals surface area contributed by atoms with Crippen LogP contribution in [0.2, 0.25) is 0 Å². The summed E-state index contributed by atoms with van der Waals surface area (Å²) >= 11 is 2.42. The van der Waals surface area contributed by atoms with Crippen LogP contribution in [-0.4, -0.2) is 16.7 Å². The van der Waals surface area contributed by atoms with Gasteiger partial charge in [-0.05, 0) is 115 Å². The van der Waals surface area contributed by atoms with Crippen molar-refractivity contribution in [2.75, 3.05) is 9.80 Å². The molecule has 4 fully saturated rings. The van der Waals surface area contributed by atoms with Gasteiger partial charge in [-0.2, -0.15) is 0 Å². The molecule has 4 nitrogen and oxygen atoms in total. The van der Waals surface area contributed by atoms with Crippen LogP contribution in [0.4, 0.5) is 22.7 Å². The summed E-state index contributed by atoms with van der Waals surface area (Å²) in [6.45, 7) is 53.8. The van der Waals surface area contributed by atoms with Crippen molar-refractivity contribution >= 4 is 31.9 Å². The van der Waals surface area contributed by atoms with E-state index in [1.165, 1.54) is 96.1 Å². The van der Waals surface area contributed by atoms with E-state index in [9.17, 15) is 5.11 Å². The molecule has 6 atom stereocenters. The third-order valence-electron chi connectivity index (χ3n) is 19.1. The van der Waals surface area contributed by atoms with Crippen molar-refractivity contribution in [2.24, 2.45) is 46.3 Å². The minimum atomic E-state index is -0.750. The maximum atomic E-state index is 10.1. The van der Waals surface area contributed by atoms with Gasteiger partial charge < -0.3 is 20.2 Å². The smallest absolute Gasteiger partial charge is 0.658 e. The van der Waals surface area contributed by atoms with E-state index >= 15 is 0 Å². The molecule has 0 N–H and O–H groups in total. The molecule has 0 aromatic heterocycles. The second-order valence-electron chi connectivity index (χ2n) is 31.1. The van der Waals surface area contributed by atoms with Gasteiger partial charge in [-0.15, -0.1) is 27.8 Å². The van der Waals surface area contributed by atoms with E-state index in [0.717, 1.165) is 53.3 Å². The van der Waals surface area contributed by atoms with Crippen LogP contribution in [0.3, 0.4) is 0 Å². The van der Waals surface area contributed by atoms with Crippen LogP contribution < -0.4 is 44.5 Å². The second-order valence-corrected chi connectivity index (χ2v) is 31.1. The molecular formula is C83H119Ag2ClN3NaO-3. The average molecular weight is 1450 g/mol. The first kappa shape index (κ1) is 82.7. The van der Waals surface area contributed by atoms with Gasteiger partial charge in [0.2, 0.25) is 0 Å². The molecule has 2 unspecified atom stereocenters. The third-order valence-corrected chi connectivity index (χ3v) is 19.1. The molecule has 6 aromatic carbocycles. The number of para-hydroxylation sites is 4. The zero-order valence-corrected chi connectivity index (χ0v) is 66.3. The molecule has 1 radical (unpaired) electrons. The van der Waals surface area contributed by atoms with Gasteiger partial charge >= 0.3 is 58.7 Å². The second kappa shape index (κ2) is 37.8. The summed E-state index contributed by atoms with van der Waals surface area (Å²) in [6, 6.07) is 55.0. The number of hydrogen-bond acceptors (Lipinski definition) is 3. The topological polar surface area (TPSA) is 43.6 Å². The molecular weight excluding hydrogens is 1330 g/mol. The zero-order chi connectivity index (χ0) is 66.1. The van der Waals surface area contributed by atoms with Crippen LogP contribution in [0.5, 0.6) is 0 Å². The van der Waals surface area contributed by atoms with Crippen molar-refractivity contribution in [3.05, 3.63) is 210 Å². The van der Waals surface area contributed by atoms with Crippen molar-refractivity contribution in [1.82, 2.24) is 0 Å². The molecule has 6 aromatic rings. The molecule has 0 bridgehead atoms. The van der Waals surface area contributed by atoms with Gasteiger partial charge in [0.1, 0.15) is 0 Å². The van der Waals surface area contributed by atoms with Gasteiger partial charge in [0.05, 0.1) is 0 Å². The van der Waals surface area contributed by atoms with Crippen LogP contribution in [0.25, 0.3) is 5.32 Å². The molecule has 0 amide bonds. The Balaban J connectivity index is 0.000000318. The van der Waals surface area contributed by atoms with Gasteiger partial charge in [-0.1, -0.05) is 339 Å². The van der Waals surface area contributed by atoms with Crippen molar-refractivity contribution in [3.8, 4) is 0 Å². The first-order chi connectivity index (χ1) is 41.9. The van der Waals surface area contributed by atoms with Crippen molar-refractivity contribution in [2.45, 2.75) is 244 Å². The Morgan fingerprint density at radius 3 is 0.989 bits per heavy atom. The minimum absolute atomic E-state index is 0. The van der Waals surface area contributed by atoms with Crippen LogP contribution in [0.15, 0.2) is 158 Å². The summed E-state index contributed by atoms with van der Waals surface area (Å²) < 4.78 is 0. The molecule has 10 rings (SSSR count). The van der Waals surface area contributed by atoms with Gasteiger partial charge in [-0.25, -0.2) is 13.1 Å². The molecule has 2 heterocycles. The van der Waals surface area contributed by atoms with Gasteiger partial charge in [0.15, 0.2) is 0 Å². The summed E-state index contributed by atoms with van der Waals surface area (Å²) in [6.07, 6.45) is 11.9. The molecule has 2 aliphatic heterocycles. The fourth-order valence-corrected chi connectivity index (χ4v) is 15.6. The summed E-state index contributed by atoms with van der Waals surface area (Å²) in [7, 11) is 4.45. The standard InChI is InChI=1S/2C27H44N.C13H12.C12H10N.C4H9O.2Ag.ClH.Na/c2*1-18(2)22-11-10-12-23(19(3)4)25(22)28-17-27(16-26(28,8)9)15-21(7)13-14-24(27)20(5)6;1-3-7-12(8-4-1)11-13-9-5-2-6-10-13;1-3-7-11(8-4-1)13-12-9-5-2-6-10-12;1-4(2,3)5;;;;/h2*10-12,17-21,24H,13-16H2,1-9H3;1-10H,11H2;1-10H;1-3H3;;;1H;/q2*-1;;2*-1;;+1;;+1/p-1/t2*21?,24-,27-;;;;;;;/m00......./s1. The van der Waals surface area contributed by atoms with Crippen LogP contribution >= 0.6 is 9.19 Å². The van der Waals surface area contributed by atoms with Gasteiger partial charge in [0, 0.05) is 44.8 Å². The van der Waals surface area contributed by atoms with E-state index in [1.54, 1.807) is 20.8 Å². The number of halogens is 1. The SMILES string of the molecule is CC(C)(C)[O-].CC1CC[C@@H](C(C)C)[C@@]2([CH-]N(c3c(C(C)C)cccc3C(C)C)C(C)(C)C2)C1.CC1CC[C@@H](C(C)C)[C@@]2([CH-]N(c3c(C(C)C)cccc3C(C)C)C(C)(C)C2)C1.[Ag].[Cl][Ag].[Na+].c1ccc(Cc2ccccc2)cc1.c1ccc([N-]c2ccccc2)cc1. The van der Waals surface area contributed by atoms with Crippen molar-refractivity contribution in [3.63, 3.8) is 0 Å². The Morgan fingerprint density at radius 2 is 0.736 bits per heavy atom. The Morgan fingerprint density at radius 1 is 0.473 bits per heavy atom. The summed E-state index contributed by atoms with van der Waals surface area (Å²) in [5.74, 6) is 6.97. The Labute approximate surface area is 612 Å². The summed E-state index contributed by atoms with van der Waals surface area (Å²) in [4.78, 5) is 5.45. The summed E-state index contributed by atoms with van der Waals surface area (Å²) in [5, 5.41) is 14.5. The van der Waals surface area contributed by atoms with Crippen molar-refractivity contribution < 1.29 is 77.0 Å². The predicted molar refractivity (Wildman–Crippen MR) is 385 cm³/mol. The Kier molecular flexibility index (Phi) is 34.4. The van der Waals surface area contributed by atoms with Gasteiger partial charge in [0.25, 0.3) is 0 Å². The Hall–Kier alpha value is -2.55. The first-order valence-corrected chi connectivity index (χ1v) is 36.1. The molecule has 2 spiro atoms. The third kappa shape index (κ3) is 23.9. The van der Waals surface area contributed by atoms with E-state index in [-0.39, 0.29) is 63.0 Å². The number of hydrogen-bond donors (Lipinski definition) is 0. The fraction of sp³-hybridized carbons (Fsp3) is 0.542. The normalized spacial score (nSPS) is 22.1. The minimum Gasteiger partial charge on any atom is -0.658 e. The van der Waals surface area contributed by atoms with Crippen LogP contribution in [0.1, 0.15) is 254 Å². The van der Waals surface area contributed by atoms with Crippen LogP contribution in [0, 0.1) is 59.4 Å². The number of benzene rings is 6.